The van der Waals surface area contributed by atoms with E-state index in [0.717, 1.165) is 16.3 Å². The van der Waals surface area contributed by atoms with Crippen LogP contribution in [-0.2, 0) is 0 Å². The maximum atomic E-state index is 10.5. The van der Waals surface area contributed by atoms with Gasteiger partial charge in [-0.25, -0.2) is 0 Å². The molecule has 0 unspecified atom stereocenters. The zero-order chi connectivity index (χ0) is 13.3. The van der Waals surface area contributed by atoms with E-state index in [0.29, 0.717) is 5.75 Å². The molecule has 0 bridgehead atoms. The van der Waals surface area contributed by atoms with Crippen molar-refractivity contribution in [3.63, 3.8) is 0 Å². The number of rotatable bonds is 2. The van der Waals surface area contributed by atoms with Gasteiger partial charge in [0.15, 0.2) is 0 Å². The first-order valence-corrected chi connectivity index (χ1v) is 9.79. The molecule has 1 N–H and O–H groups in total. The molecule has 0 atom stereocenters. The minimum Gasteiger partial charge on any atom is -0.507 e. The van der Waals surface area contributed by atoms with Crippen molar-refractivity contribution in [2.75, 3.05) is 0 Å². The van der Waals surface area contributed by atoms with E-state index in [1.54, 1.807) is 0 Å². The van der Waals surface area contributed by atoms with Crippen molar-refractivity contribution in [2.45, 2.75) is 26.6 Å². The van der Waals surface area contributed by atoms with Crippen LogP contribution in [0.2, 0.25) is 19.6 Å². The topological polar surface area (TPSA) is 20.2 Å². The molecule has 0 saturated carbocycles. The maximum Gasteiger partial charge on any atom is 0.122 e. The lowest BCUT2D eigenvalue weighted by molar-refractivity contribution is 0.481. The summed E-state index contributed by atoms with van der Waals surface area (Å²) in [6.07, 6.45) is 0. The van der Waals surface area contributed by atoms with Crippen molar-refractivity contribution in [1.29, 1.82) is 0 Å². The van der Waals surface area contributed by atoms with Gasteiger partial charge in [0, 0.05) is 5.56 Å². The van der Waals surface area contributed by atoms with Crippen molar-refractivity contribution < 1.29 is 5.11 Å². The lowest BCUT2D eigenvalue weighted by atomic mass is 10.0. The first kappa shape index (κ1) is 12.9. The van der Waals surface area contributed by atoms with E-state index in [2.05, 4.69) is 38.7 Å². The fourth-order valence-electron chi connectivity index (χ4n) is 2.19. The highest BCUT2D eigenvalue weighted by Crippen LogP contribution is 2.30. The number of aromatic hydroxyl groups is 1. The number of hydrogen-bond acceptors (Lipinski definition) is 1. The Hall–Kier alpha value is -1.54. The molecule has 1 nitrogen and oxygen atoms in total. The predicted octanol–water partition coefficient (Wildman–Crippen LogP) is 3.91. The summed E-state index contributed by atoms with van der Waals surface area (Å²) in [5, 5.41) is 11.7. The molecular formula is C16H20OSi. The summed E-state index contributed by atoms with van der Waals surface area (Å²) in [4.78, 5) is 0. The molecule has 0 fully saturated rings. The minimum atomic E-state index is -1.52. The molecule has 94 valence electrons. The van der Waals surface area contributed by atoms with Crippen LogP contribution in [0.15, 0.2) is 42.5 Å². The summed E-state index contributed by atoms with van der Waals surface area (Å²) >= 11 is 0. The molecule has 18 heavy (non-hydrogen) atoms. The lowest BCUT2D eigenvalue weighted by Gasteiger charge is -2.21. The number of phenolic OH excluding ortho intramolecular Hbond substituents is 1. The average molecular weight is 256 g/mol. The van der Waals surface area contributed by atoms with E-state index >= 15 is 0 Å². The van der Waals surface area contributed by atoms with E-state index in [4.69, 9.17) is 0 Å². The van der Waals surface area contributed by atoms with Crippen molar-refractivity contribution in [3.8, 4) is 16.9 Å². The Morgan fingerprint density at radius 1 is 0.944 bits per heavy atom. The van der Waals surface area contributed by atoms with Crippen molar-refractivity contribution in [1.82, 2.24) is 0 Å². The highest BCUT2D eigenvalue weighted by molar-refractivity contribution is 6.89. The van der Waals surface area contributed by atoms with Gasteiger partial charge in [0.1, 0.15) is 5.75 Å². The smallest absolute Gasteiger partial charge is 0.122 e. The zero-order valence-electron chi connectivity index (χ0n) is 11.5. The van der Waals surface area contributed by atoms with E-state index in [1.807, 2.05) is 30.3 Å². The van der Waals surface area contributed by atoms with Gasteiger partial charge >= 0.3 is 0 Å². The molecule has 0 aliphatic rings. The summed E-state index contributed by atoms with van der Waals surface area (Å²) in [5.41, 5.74) is 3.25. The van der Waals surface area contributed by atoms with Crippen LogP contribution in [0.1, 0.15) is 5.56 Å². The normalized spacial score (nSPS) is 11.6. The summed E-state index contributed by atoms with van der Waals surface area (Å²) in [6.45, 7) is 8.87. The molecule has 0 spiro atoms. The van der Waals surface area contributed by atoms with Crippen molar-refractivity contribution >= 4 is 13.3 Å². The molecule has 0 heterocycles. The van der Waals surface area contributed by atoms with Crippen LogP contribution in [0.3, 0.4) is 0 Å². The first-order valence-electron chi connectivity index (χ1n) is 6.29. The first-order chi connectivity index (χ1) is 8.39. The standard InChI is InChI=1S/C16H20OSi/c1-12-10-14(13-8-6-5-7-9-13)16(17)15(11-12)18(2,3)4/h5-11,17H,1-4H3. The molecule has 2 heteroatoms. The van der Waals surface area contributed by atoms with Gasteiger partial charge in [-0.3, -0.25) is 0 Å². The Bertz CT molecular complexity index is 553. The van der Waals surface area contributed by atoms with E-state index < -0.39 is 8.07 Å². The molecule has 2 aromatic rings. The third-order valence-electron chi connectivity index (χ3n) is 3.15. The monoisotopic (exact) mass is 256 g/mol. The van der Waals surface area contributed by atoms with E-state index in [1.165, 1.54) is 5.56 Å². The van der Waals surface area contributed by atoms with Gasteiger partial charge in [0.05, 0.1) is 8.07 Å². The molecule has 0 aliphatic heterocycles. The average Bonchev–Trinajstić information content (AvgIpc) is 2.31. The van der Waals surface area contributed by atoms with Gasteiger partial charge in [-0.1, -0.05) is 61.6 Å². The molecule has 0 amide bonds. The van der Waals surface area contributed by atoms with Crippen molar-refractivity contribution in [3.05, 3.63) is 48.0 Å². The van der Waals surface area contributed by atoms with Gasteiger partial charge in [0.25, 0.3) is 0 Å². The fraction of sp³-hybridized carbons (Fsp3) is 0.250. The van der Waals surface area contributed by atoms with Gasteiger partial charge in [-0.2, -0.15) is 0 Å². The minimum absolute atomic E-state index is 0.464. The molecule has 0 radical (unpaired) electrons. The Morgan fingerprint density at radius 3 is 2.11 bits per heavy atom. The SMILES string of the molecule is Cc1cc(-c2ccccc2)c(O)c([Si](C)(C)C)c1. The van der Waals surface area contributed by atoms with Crippen molar-refractivity contribution in [2.24, 2.45) is 0 Å². The van der Waals surface area contributed by atoms with Gasteiger partial charge < -0.3 is 5.11 Å². The second-order valence-electron chi connectivity index (χ2n) is 5.82. The van der Waals surface area contributed by atoms with Crippen LogP contribution >= 0.6 is 0 Å². The van der Waals surface area contributed by atoms with E-state index in [9.17, 15) is 5.11 Å². The predicted molar refractivity (Wildman–Crippen MR) is 81.3 cm³/mol. The Balaban J connectivity index is 2.67. The second kappa shape index (κ2) is 4.62. The fourth-order valence-corrected chi connectivity index (χ4v) is 3.69. The molecule has 0 aromatic heterocycles. The van der Waals surface area contributed by atoms with Crippen LogP contribution < -0.4 is 5.19 Å². The third kappa shape index (κ3) is 2.49. The van der Waals surface area contributed by atoms with Gasteiger partial charge in [0.2, 0.25) is 0 Å². The Labute approximate surface area is 110 Å². The maximum absolute atomic E-state index is 10.5. The largest absolute Gasteiger partial charge is 0.507 e. The van der Waals surface area contributed by atoms with Gasteiger partial charge in [-0.05, 0) is 23.7 Å². The lowest BCUT2D eigenvalue weighted by Crippen LogP contribution is -2.38. The molecular weight excluding hydrogens is 236 g/mol. The molecule has 0 aliphatic carbocycles. The van der Waals surface area contributed by atoms with Gasteiger partial charge in [-0.15, -0.1) is 0 Å². The summed E-state index contributed by atoms with van der Waals surface area (Å²) < 4.78 is 0. The highest BCUT2D eigenvalue weighted by Gasteiger charge is 2.22. The number of hydrogen-bond donors (Lipinski definition) is 1. The number of phenols is 1. The van der Waals surface area contributed by atoms with Crippen LogP contribution in [-0.4, -0.2) is 13.2 Å². The van der Waals surface area contributed by atoms with Crippen LogP contribution in [0.5, 0.6) is 5.75 Å². The molecule has 2 rings (SSSR count). The Morgan fingerprint density at radius 2 is 1.56 bits per heavy atom. The summed E-state index contributed by atoms with van der Waals surface area (Å²) in [5.74, 6) is 0.464. The number of benzene rings is 2. The van der Waals surface area contributed by atoms with Crippen LogP contribution in [0.4, 0.5) is 0 Å². The molecule has 0 saturated heterocycles. The van der Waals surface area contributed by atoms with E-state index in [-0.39, 0.29) is 0 Å². The third-order valence-corrected chi connectivity index (χ3v) is 5.14. The Kier molecular flexibility index (Phi) is 3.31. The highest BCUT2D eigenvalue weighted by atomic mass is 28.3. The summed E-state index contributed by atoms with van der Waals surface area (Å²) in [6, 6.07) is 14.3. The number of aryl methyl sites for hydroxylation is 1. The summed E-state index contributed by atoms with van der Waals surface area (Å²) in [7, 11) is -1.52. The quantitative estimate of drug-likeness (QED) is 0.808. The zero-order valence-corrected chi connectivity index (χ0v) is 12.5. The second-order valence-corrected chi connectivity index (χ2v) is 10.9. The van der Waals surface area contributed by atoms with Crippen LogP contribution in [0.25, 0.3) is 11.1 Å². The molecule has 2 aromatic carbocycles. The van der Waals surface area contributed by atoms with Crippen LogP contribution in [0, 0.1) is 6.92 Å².